The Hall–Kier alpha value is -1.53. The molecule has 3 aromatic heterocycles. The second-order valence-electron chi connectivity index (χ2n) is 4.51. The molecule has 0 aliphatic carbocycles. The van der Waals surface area contributed by atoms with Crippen LogP contribution in [-0.2, 0) is 11.3 Å². The largest absolute Gasteiger partial charge is 0.454 e. The number of carbonyl (C=O) groups is 1. The molecule has 0 unspecified atom stereocenters. The van der Waals surface area contributed by atoms with Crippen molar-refractivity contribution < 1.29 is 9.53 Å². The van der Waals surface area contributed by atoms with E-state index in [4.69, 9.17) is 51.1 Å². The van der Waals surface area contributed by atoms with Crippen molar-refractivity contribution in [1.82, 2.24) is 14.4 Å². The predicted molar refractivity (Wildman–Crippen MR) is 88.6 cm³/mol. The van der Waals surface area contributed by atoms with Crippen LogP contribution in [0, 0.1) is 0 Å². The molecule has 5 nitrogen and oxygen atoms in total. The van der Waals surface area contributed by atoms with Crippen molar-refractivity contribution in [2.75, 3.05) is 0 Å². The highest BCUT2D eigenvalue weighted by molar-refractivity contribution is 6.36. The summed E-state index contributed by atoms with van der Waals surface area (Å²) >= 11 is 23.6. The Kier molecular flexibility index (Phi) is 4.64. The number of halogens is 4. The minimum atomic E-state index is -0.696. The Labute approximate surface area is 150 Å². The number of nitrogens with zero attached hydrogens (tertiary/aromatic N) is 3. The van der Waals surface area contributed by atoms with Crippen LogP contribution >= 0.6 is 46.4 Å². The van der Waals surface area contributed by atoms with Crippen molar-refractivity contribution in [3.05, 3.63) is 62.2 Å². The van der Waals surface area contributed by atoms with Gasteiger partial charge < -0.3 is 9.14 Å². The molecule has 0 aromatic carbocycles. The highest BCUT2D eigenvalue weighted by atomic mass is 35.5. The fourth-order valence-electron chi connectivity index (χ4n) is 1.91. The number of carbonyl (C=O) groups excluding carboxylic acids is 1. The number of esters is 1. The number of hydrogen-bond donors (Lipinski definition) is 0. The van der Waals surface area contributed by atoms with Crippen LogP contribution < -0.4 is 0 Å². The molecule has 3 rings (SSSR count). The zero-order valence-electron chi connectivity index (χ0n) is 11.3. The van der Waals surface area contributed by atoms with Crippen LogP contribution in [0.15, 0.2) is 30.6 Å². The van der Waals surface area contributed by atoms with Gasteiger partial charge in [0.25, 0.3) is 0 Å². The van der Waals surface area contributed by atoms with Crippen molar-refractivity contribution in [2.24, 2.45) is 0 Å². The zero-order valence-corrected chi connectivity index (χ0v) is 14.3. The van der Waals surface area contributed by atoms with Gasteiger partial charge >= 0.3 is 5.97 Å². The fourth-order valence-corrected chi connectivity index (χ4v) is 2.77. The summed E-state index contributed by atoms with van der Waals surface area (Å²) in [6.07, 6.45) is 3.31. The summed E-state index contributed by atoms with van der Waals surface area (Å²) in [7, 11) is 0. The van der Waals surface area contributed by atoms with Gasteiger partial charge in [-0.2, -0.15) is 0 Å². The van der Waals surface area contributed by atoms with E-state index in [1.807, 2.05) is 0 Å². The Balaban J connectivity index is 1.79. The second-order valence-corrected chi connectivity index (χ2v) is 6.15. The molecular weight excluding hydrogens is 384 g/mol. The highest BCUT2D eigenvalue weighted by Crippen LogP contribution is 2.22. The lowest BCUT2D eigenvalue weighted by atomic mass is 10.3. The van der Waals surface area contributed by atoms with Crippen LogP contribution in [0.1, 0.15) is 16.2 Å². The van der Waals surface area contributed by atoms with E-state index in [0.717, 1.165) is 0 Å². The predicted octanol–water partition coefficient (Wildman–Crippen LogP) is 4.70. The van der Waals surface area contributed by atoms with E-state index in [1.54, 1.807) is 22.9 Å². The lowest BCUT2D eigenvalue weighted by Crippen LogP contribution is -2.08. The molecule has 9 heteroatoms. The molecular formula is C14H7Cl4N3O2. The number of fused-ring (bicyclic) bond motifs is 1. The van der Waals surface area contributed by atoms with E-state index in [0.29, 0.717) is 21.4 Å². The molecule has 0 aliphatic rings. The number of imidazole rings is 1. The normalized spacial score (nSPS) is 11.0. The summed E-state index contributed by atoms with van der Waals surface area (Å²) in [6, 6.07) is 4.53. The molecule has 0 spiro atoms. The Bertz CT molecular complexity index is 910. The van der Waals surface area contributed by atoms with E-state index in [2.05, 4.69) is 9.97 Å². The van der Waals surface area contributed by atoms with Gasteiger partial charge in [-0.15, -0.1) is 0 Å². The first-order chi connectivity index (χ1) is 10.9. The van der Waals surface area contributed by atoms with E-state index < -0.39 is 5.97 Å². The Morgan fingerprint density at radius 1 is 1.09 bits per heavy atom. The third-order valence-corrected chi connectivity index (χ3v) is 3.88. The molecule has 0 bridgehead atoms. The molecule has 23 heavy (non-hydrogen) atoms. The summed E-state index contributed by atoms with van der Waals surface area (Å²) < 4.78 is 6.80. The first-order valence-electron chi connectivity index (χ1n) is 6.26. The Morgan fingerprint density at radius 3 is 2.65 bits per heavy atom. The summed E-state index contributed by atoms with van der Waals surface area (Å²) in [5.41, 5.74) is 0.964. The molecule has 0 N–H and O–H groups in total. The highest BCUT2D eigenvalue weighted by Gasteiger charge is 2.16. The van der Waals surface area contributed by atoms with Gasteiger partial charge in [0.2, 0.25) is 0 Å². The summed E-state index contributed by atoms with van der Waals surface area (Å²) in [6.45, 7) is -0.0705. The van der Waals surface area contributed by atoms with Crippen LogP contribution in [0.5, 0.6) is 0 Å². The number of rotatable bonds is 3. The lowest BCUT2D eigenvalue weighted by Gasteiger charge is -2.04. The zero-order chi connectivity index (χ0) is 16.6. The topological polar surface area (TPSA) is 56.5 Å². The summed E-state index contributed by atoms with van der Waals surface area (Å²) in [5, 5.41) is 1.17. The van der Waals surface area contributed by atoms with Crippen LogP contribution in [0.2, 0.25) is 20.2 Å². The molecule has 0 saturated heterocycles. The second kappa shape index (κ2) is 6.53. The maximum absolute atomic E-state index is 12.0. The van der Waals surface area contributed by atoms with Gasteiger partial charge in [0.1, 0.15) is 11.8 Å². The first-order valence-corrected chi connectivity index (χ1v) is 7.77. The van der Waals surface area contributed by atoms with Crippen LogP contribution in [0.3, 0.4) is 0 Å². The molecule has 3 aromatic rings. The fraction of sp³-hybridized carbons (Fsp3) is 0.0714. The van der Waals surface area contributed by atoms with Gasteiger partial charge in [-0.3, -0.25) is 0 Å². The van der Waals surface area contributed by atoms with Gasteiger partial charge in [-0.1, -0.05) is 46.4 Å². The Morgan fingerprint density at radius 2 is 1.87 bits per heavy atom. The van der Waals surface area contributed by atoms with Crippen LogP contribution in [0.25, 0.3) is 5.65 Å². The third-order valence-electron chi connectivity index (χ3n) is 2.88. The monoisotopic (exact) mass is 389 g/mol. The van der Waals surface area contributed by atoms with Gasteiger partial charge in [0.15, 0.2) is 11.3 Å². The maximum Gasteiger partial charge on any atom is 0.358 e. The van der Waals surface area contributed by atoms with Crippen molar-refractivity contribution in [1.29, 1.82) is 0 Å². The van der Waals surface area contributed by atoms with E-state index in [9.17, 15) is 4.79 Å². The quantitative estimate of drug-likeness (QED) is 0.480. The van der Waals surface area contributed by atoms with Gasteiger partial charge in [-0.05, 0) is 18.2 Å². The number of hydrogen-bond acceptors (Lipinski definition) is 4. The van der Waals surface area contributed by atoms with Crippen molar-refractivity contribution in [3.8, 4) is 0 Å². The minimum absolute atomic E-state index is 0.0518. The van der Waals surface area contributed by atoms with Crippen molar-refractivity contribution in [2.45, 2.75) is 6.61 Å². The molecule has 0 atom stereocenters. The summed E-state index contributed by atoms with van der Waals surface area (Å²) in [4.78, 5) is 20.1. The third kappa shape index (κ3) is 3.53. The number of aromatic nitrogens is 3. The average Bonchev–Trinajstić information content (AvgIpc) is 2.90. The average molecular weight is 391 g/mol. The molecule has 0 radical (unpaired) electrons. The molecule has 0 amide bonds. The lowest BCUT2D eigenvalue weighted by molar-refractivity contribution is 0.0461. The van der Waals surface area contributed by atoms with Crippen molar-refractivity contribution >= 4 is 58.0 Å². The SMILES string of the molecule is O=C(OCc1cn2cc(Cl)cc(Cl)c2n1)c1nc(Cl)ccc1Cl. The summed E-state index contributed by atoms with van der Waals surface area (Å²) in [5.74, 6) is -0.696. The van der Waals surface area contributed by atoms with Gasteiger partial charge in [0, 0.05) is 12.4 Å². The number of pyridine rings is 2. The van der Waals surface area contributed by atoms with Gasteiger partial charge in [0.05, 0.1) is 20.8 Å². The standard InChI is InChI=1S/C14H7Cl4N3O2/c15-7-3-10(17)13-19-8(5-21(13)4-7)6-23-14(22)12-9(16)1-2-11(18)20-12/h1-5H,6H2. The number of ether oxygens (including phenoxy) is 1. The van der Waals surface area contributed by atoms with E-state index in [1.165, 1.54) is 12.1 Å². The molecule has 118 valence electrons. The molecule has 3 heterocycles. The van der Waals surface area contributed by atoms with Crippen molar-refractivity contribution in [3.63, 3.8) is 0 Å². The van der Waals surface area contributed by atoms with E-state index in [-0.39, 0.29) is 22.5 Å². The smallest absolute Gasteiger partial charge is 0.358 e. The minimum Gasteiger partial charge on any atom is -0.454 e. The molecule has 0 saturated carbocycles. The first kappa shape index (κ1) is 16.3. The molecule has 0 aliphatic heterocycles. The van der Waals surface area contributed by atoms with E-state index >= 15 is 0 Å². The maximum atomic E-state index is 12.0. The van der Waals surface area contributed by atoms with Crippen LogP contribution in [0.4, 0.5) is 0 Å². The van der Waals surface area contributed by atoms with Crippen LogP contribution in [-0.4, -0.2) is 20.3 Å². The van der Waals surface area contributed by atoms with Gasteiger partial charge in [-0.25, -0.2) is 14.8 Å². The molecule has 0 fully saturated rings.